The SMILES string of the molecule is CC(C)(CN)N1CCN(c2ccc(Br)cn2)CC1. The Balaban J connectivity index is 1.96. The molecule has 18 heavy (non-hydrogen) atoms. The van der Waals surface area contributed by atoms with Gasteiger partial charge in [-0.15, -0.1) is 0 Å². The highest BCUT2D eigenvalue weighted by molar-refractivity contribution is 9.10. The van der Waals surface area contributed by atoms with E-state index in [4.69, 9.17) is 5.73 Å². The molecule has 4 nitrogen and oxygen atoms in total. The number of halogens is 1. The molecule has 100 valence electrons. The Morgan fingerprint density at radius 3 is 2.44 bits per heavy atom. The maximum atomic E-state index is 5.83. The molecule has 0 aliphatic carbocycles. The van der Waals surface area contributed by atoms with E-state index in [1.807, 2.05) is 12.3 Å². The van der Waals surface area contributed by atoms with Crippen LogP contribution < -0.4 is 10.6 Å². The molecule has 5 heteroatoms. The highest BCUT2D eigenvalue weighted by atomic mass is 79.9. The van der Waals surface area contributed by atoms with Crippen LogP contribution in [0, 0.1) is 0 Å². The molecule has 0 saturated carbocycles. The van der Waals surface area contributed by atoms with Gasteiger partial charge in [-0.3, -0.25) is 4.90 Å². The fourth-order valence-corrected chi connectivity index (χ4v) is 2.46. The minimum atomic E-state index is 0.0965. The molecule has 0 atom stereocenters. The summed E-state index contributed by atoms with van der Waals surface area (Å²) >= 11 is 3.41. The topological polar surface area (TPSA) is 45.4 Å². The third-order valence-corrected chi connectivity index (χ3v) is 4.14. The van der Waals surface area contributed by atoms with Gasteiger partial charge in [0.25, 0.3) is 0 Å². The maximum absolute atomic E-state index is 5.83. The first kappa shape index (κ1) is 13.8. The second-order valence-electron chi connectivity index (χ2n) is 5.33. The van der Waals surface area contributed by atoms with E-state index in [0.29, 0.717) is 6.54 Å². The van der Waals surface area contributed by atoms with E-state index in [1.165, 1.54) is 0 Å². The van der Waals surface area contributed by atoms with E-state index >= 15 is 0 Å². The van der Waals surface area contributed by atoms with Crippen molar-refractivity contribution in [1.29, 1.82) is 0 Å². The van der Waals surface area contributed by atoms with Gasteiger partial charge in [0, 0.05) is 48.9 Å². The van der Waals surface area contributed by atoms with E-state index in [1.54, 1.807) is 0 Å². The molecule has 0 unspecified atom stereocenters. The molecule has 0 amide bonds. The van der Waals surface area contributed by atoms with Gasteiger partial charge in [-0.2, -0.15) is 0 Å². The van der Waals surface area contributed by atoms with Gasteiger partial charge in [0.15, 0.2) is 0 Å². The fraction of sp³-hybridized carbons (Fsp3) is 0.615. The van der Waals surface area contributed by atoms with Crippen LogP contribution in [0.1, 0.15) is 13.8 Å². The maximum Gasteiger partial charge on any atom is 0.128 e. The Hall–Kier alpha value is -0.650. The minimum Gasteiger partial charge on any atom is -0.354 e. The van der Waals surface area contributed by atoms with E-state index in [2.05, 4.69) is 50.6 Å². The third kappa shape index (κ3) is 3.02. The Bertz CT molecular complexity index is 382. The summed E-state index contributed by atoms with van der Waals surface area (Å²) in [6, 6.07) is 4.10. The molecule has 0 aromatic carbocycles. The second-order valence-corrected chi connectivity index (χ2v) is 6.24. The summed E-state index contributed by atoms with van der Waals surface area (Å²) in [4.78, 5) is 9.23. The standard InChI is InChI=1S/C13H21BrN4/c1-13(2,10-15)18-7-5-17(6-8-18)12-4-3-11(14)9-16-12/h3-4,9H,5-8,10,15H2,1-2H3. The van der Waals surface area contributed by atoms with Crippen LogP contribution in [0.2, 0.25) is 0 Å². The van der Waals surface area contributed by atoms with Gasteiger partial charge >= 0.3 is 0 Å². The Labute approximate surface area is 117 Å². The summed E-state index contributed by atoms with van der Waals surface area (Å²) in [5.74, 6) is 1.06. The summed E-state index contributed by atoms with van der Waals surface area (Å²) < 4.78 is 1.02. The molecule has 2 heterocycles. The highest BCUT2D eigenvalue weighted by Crippen LogP contribution is 2.20. The number of rotatable bonds is 3. The fourth-order valence-electron chi connectivity index (χ4n) is 2.23. The van der Waals surface area contributed by atoms with Crippen LogP contribution in [0.15, 0.2) is 22.8 Å². The zero-order chi connectivity index (χ0) is 13.2. The summed E-state index contributed by atoms with van der Waals surface area (Å²) in [6.45, 7) is 9.23. The highest BCUT2D eigenvalue weighted by Gasteiger charge is 2.28. The molecule has 1 aliphatic heterocycles. The van der Waals surface area contributed by atoms with Crippen molar-refractivity contribution >= 4 is 21.7 Å². The van der Waals surface area contributed by atoms with Crippen LogP contribution in [-0.2, 0) is 0 Å². The van der Waals surface area contributed by atoms with Gasteiger partial charge in [0.1, 0.15) is 5.82 Å². The average Bonchev–Trinajstić information content (AvgIpc) is 2.40. The smallest absolute Gasteiger partial charge is 0.128 e. The van der Waals surface area contributed by atoms with E-state index in [0.717, 1.165) is 36.5 Å². The number of hydrogen-bond donors (Lipinski definition) is 1. The van der Waals surface area contributed by atoms with Crippen LogP contribution in [0.4, 0.5) is 5.82 Å². The first-order valence-corrected chi connectivity index (χ1v) is 7.14. The van der Waals surface area contributed by atoms with Crippen molar-refractivity contribution < 1.29 is 0 Å². The number of piperazine rings is 1. The van der Waals surface area contributed by atoms with Crippen LogP contribution >= 0.6 is 15.9 Å². The van der Waals surface area contributed by atoms with Crippen molar-refractivity contribution in [3.05, 3.63) is 22.8 Å². The van der Waals surface area contributed by atoms with Crippen molar-refractivity contribution in [2.45, 2.75) is 19.4 Å². The molecule has 1 aromatic rings. The molecule has 1 fully saturated rings. The molecular formula is C13H21BrN4. The average molecular weight is 313 g/mol. The number of anilines is 1. The lowest BCUT2D eigenvalue weighted by molar-refractivity contribution is 0.119. The summed E-state index contributed by atoms with van der Waals surface area (Å²) in [7, 11) is 0. The third-order valence-electron chi connectivity index (χ3n) is 3.67. The van der Waals surface area contributed by atoms with Crippen LogP contribution in [0.25, 0.3) is 0 Å². The summed E-state index contributed by atoms with van der Waals surface area (Å²) in [5, 5.41) is 0. The first-order chi connectivity index (χ1) is 8.53. The van der Waals surface area contributed by atoms with Crippen LogP contribution in [0.3, 0.4) is 0 Å². The summed E-state index contributed by atoms with van der Waals surface area (Å²) in [6.07, 6.45) is 1.85. The predicted octanol–water partition coefficient (Wildman–Crippen LogP) is 1.70. The van der Waals surface area contributed by atoms with Crippen LogP contribution in [-0.4, -0.2) is 48.1 Å². The van der Waals surface area contributed by atoms with E-state index in [9.17, 15) is 0 Å². The molecule has 0 bridgehead atoms. The van der Waals surface area contributed by atoms with Gasteiger partial charge < -0.3 is 10.6 Å². The van der Waals surface area contributed by atoms with Crippen molar-refractivity contribution in [1.82, 2.24) is 9.88 Å². The quantitative estimate of drug-likeness (QED) is 0.923. The van der Waals surface area contributed by atoms with Gasteiger partial charge in [-0.05, 0) is 41.9 Å². The molecule has 2 rings (SSSR count). The first-order valence-electron chi connectivity index (χ1n) is 6.34. The van der Waals surface area contributed by atoms with Crippen molar-refractivity contribution in [2.24, 2.45) is 5.73 Å². The van der Waals surface area contributed by atoms with Gasteiger partial charge in [-0.25, -0.2) is 4.98 Å². The van der Waals surface area contributed by atoms with Crippen molar-refractivity contribution in [2.75, 3.05) is 37.6 Å². The van der Waals surface area contributed by atoms with E-state index < -0.39 is 0 Å². The van der Waals surface area contributed by atoms with Crippen LogP contribution in [0.5, 0.6) is 0 Å². The Morgan fingerprint density at radius 2 is 1.94 bits per heavy atom. The molecule has 0 spiro atoms. The molecule has 1 aromatic heterocycles. The lowest BCUT2D eigenvalue weighted by atomic mass is 10.0. The van der Waals surface area contributed by atoms with Crippen molar-refractivity contribution in [3.63, 3.8) is 0 Å². The summed E-state index contributed by atoms with van der Waals surface area (Å²) in [5.41, 5.74) is 5.92. The Morgan fingerprint density at radius 1 is 1.28 bits per heavy atom. The number of aromatic nitrogens is 1. The number of nitrogens with two attached hydrogens (primary N) is 1. The van der Waals surface area contributed by atoms with Gasteiger partial charge in [-0.1, -0.05) is 0 Å². The molecule has 1 saturated heterocycles. The molecule has 1 aliphatic rings. The monoisotopic (exact) mass is 312 g/mol. The number of hydrogen-bond acceptors (Lipinski definition) is 4. The minimum absolute atomic E-state index is 0.0965. The largest absolute Gasteiger partial charge is 0.354 e. The van der Waals surface area contributed by atoms with Gasteiger partial charge in [0.2, 0.25) is 0 Å². The van der Waals surface area contributed by atoms with E-state index in [-0.39, 0.29) is 5.54 Å². The normalized spacial score (nSPS) is 18.1. The number of pyridine rings is 1. The zero-order valence-corrected chi connectivity index (χ0v) is 12.7. The lowest BCUT2D eigenvalue weighted by Crippen LogP contribution is -2.57. The molecule has 2 N–H and O–H groups in total. The molecular weight excluding hydrogens is 292 g/mol. The Kier molecular flexibility index (Phi) is 4.25. The molecule has 0 radical (unpaired) electrons. The lowest BCUT2D eigenvalue weighted by Gasteiger charge is -2.43. The van der Waals surface area contributed by atoms with Gasteiger partial charge in [0.05, 0.1) is 0 Å². The zero-order valence-electron chi connectivity index (χ0n) is 11.1. The van der Waals surface area contributed by atoms with Crippen molar-refractivity contribution in [3.8, 4) is 0 Å². The predicted molar refractivity (Wildman–Crippen MR) is 78.9 cm³/mol. The second kappa shape index (κ2) is 5.55. The number of nitrogens with zero attached hydrogens (tertiary/aromatic N) is 3.